The normalized spacial score (nSPS) is 25.8. The van der Waals surface area contributed by atoms with Crippen molar-refractivity contribution in [3.8, 4) is 0 Å². The van der Waals surface area contributed by atoms with Crippen molar-refractivity contribution in [1.29, 1.82) is 0 Å². The van der Waals surface area contributed by atoms with Crippen molar-refractivity contribution in [2.24, 2.45) is 0 Å². The number of hydrogen-bond acceptors (Lipinski definition) is 4. The molecule has 2 aliphatic heterocycles. The SMILES string of the molecule is C[C@H]1O[C@@H](C[C@H]2NCCc3c2[nH]c2ccccc32)OC[C@H]1NC(=O)Cc1ccccc1. The predicted octanol–water partition coefficient (Wildman–Crippen LogP) is 3.23. The second-order valence-electron chi connectivity index (χ2n) is 8.50. The zero-order valence-corrected chi connectivity index (χ0v) is 17.8. The molecule has 6 nitrogen and oxygen atoms in total. The number of nitrogens with one attached hydrogen (secondary N) is 3. The number of para-hydroxylation sites is 1. The Morgan fingerprint density at radius 2 is 1.94 bits per heavy atom. The van der Waals surface area contributed by atoms with Crippen molar-refractivity contribution in [3.05, 3.63) is 71.4 Å². The Balaban J connectivity index is 1.19. The molecule has 0 spiro atoms. The van der Waals surface area contributed by atoms with E-state index in [2.05, 4.69) is 39.9 Å². The summed E-state index contributed by atoms with van der Waals surface area (Å²) in [4.78, 5) is 16.0. The van der Waals surface area contributed by atoms with E-state index in [0.29, 0.717) is 13.0 Å². The molecule has 2 aliphatic rings. The standard InChI is InChI=1S/C25H29N3O3/c1-16-22(27-23(29)13-17-7-3-2-4-8-17)15-30-24(31-16)14-21-25-19(11-12-26-21)18-9-5-6-10-20(18)28-25/h2-10,16,21-22,24,26,28H,11-15H2,1H3,(H,27,29)/t16-,21-,22-,24+/m1/s1. The zero-order valence-electron chi connectivity index (χ0n) is 17.8. The van der Waals surface area contributed by atoms with Gasteiger partial charge >= 0.3 is 0 Å². The van der Waals surface area contributed by atoms with Gasteiger partial charge in [0.05, 0.1) is 31.2 Å². The molecule has 0 saturated carbocycles. The molecule has 2 aromatic carbocycles. The van der Waals surface area contributed by atoms with Crippen molar-refractivity contribution in [1.82, 2.24) is 15.6 Å². The van der Waals surface area contributed by atoms with Crippen LogP contribution in [0.15, 0.2) is 54.6 Å². The Bertz CT molecular complexity index is 1050. The summed E-state index contributed by atoms with van der Waals surface area (Å²) in [6, 6.07) is 18.3. The van der Waals surface area contributed by atoms with Crippen molar-refractivity contribution in [3.63, 3.8) is 0 Å². The van der Waals surface area contributed by atoms with Crippen molar-refractivity contribution >= 4 is 16.8 Å². The van der Waals surface area contributed by atoms with Crippen LogP contribution >= 0.6 is 0 Å². The number of rotatable bonds is 5. The van der Waals surface area contributed by atoms with Gasteiger partial charge < -0.3 is 25.1 Å². The number of aromatic amines is 1. The second-order valence-corrected chi connectivity index (χ2v) is 8.50. The van der Waals surface area contributed by atoms with Crippen LogP contribution < -0.4 is 10.6 Å². The third kappa shape index (κ3) is 4.37. The minimum absolute atomic E-state index is 0.00892. The van der Waals surface area contributed by atoms with E-state index in [1.54, 1.807) is 0 Å². The van der Waals surface area contributed by atoms with Gasteiger partial charge in [-0.1, -0.05) is 48.5 Å². The highest BCUT2D eigenvalue weighted by molar-refractivity contribution is 5.85. The highest BCUT2D eigenvalue weighted by atomic mass is 16.7. The molecule has 4 atom stereocenters. The predicted molar refractivity (Wildman–Crippen MR) is 120 cm³/mol. The molecule has 3 aromatic rings. The molecule has 3 heterocycles. The average molecular weight is 420 g/mol. The molecule has 1 amide bonds. The highest BCUT2D eigenvalue weighted by Crippen LogP contribution is 2.33. The molecule has 0 unspecified atom stereocenters. The fourth-order valence-electron chi connectivity index (χ4n) is 4.70. The molecule has 1 aromatic heterocycles. The largest absolute Gasteiger partial charge is 0.357 e. The van der Waals surface area contributed by atoms with Crippen LogP contribution in [0.1, 0.15) is 36.2 Å². The molecule has 0 aliphatic carbocycles. The number of benzene rings is 2. The lowest BCUT2D eigenvalue weighted by Crippen LogP contribution is -2.52. The van der Waals surface area contributed by atoms with Gasteiger partial charge in [-0.3, -0.25) is 4.79 Å². The van der Waals surface area contributed by atoms with E-state index < -0.39 is 0 Å². The molecule has 1 saturated heterocycles. The van der Waals surface area contributed by atoms with Crippen LogP contribution in [0, 0.1) is 0 Å². The Kier molecular flexibility index (Phi) is 5.76. The van der Waals surface area contributed by atoms with Crippen LogP contribution in [0.25, 0.3) is 10.9 Å². The second kappa shape index (κ2) is 8.83. The van der Waals surface area contributed by atoms with E-state index in [-0.39, 0.29) is 30.4 Å². The highest BCUT2D eigenvalue weighted by Gasteiger charge is 2.33. The lowest BCUT2D eigenvalue weighted by Gasteiger charge is -2.37. The summed E-state index contributed by atoms with van der Waals surface area (Å²) in [5.41, 5.74) is 4.82. The topological polar surface area (TPSA) is 75.4 Å². The smallest absolute Gasteiger partial charge is 0.224 e. The summed E-state index contributed by atoms with van der Waals surface area (Å²) in [6.07, 6.45) is 1.71. The van der Waals surface area contributed by atoms with Gasteiger partial charge in [0, 0.05) is 23.0 Å². The van der Waals surface area contributed by atoms with Crippen LogP contribution in [0.3, 0.4) is 0 Å². The van der Waals surface area contributed by atoms with E-state index in [1.807, 2.05) is 37.3 Å². The lowest BCUT2D eigenvalue weighted by molar-refractivity contribution is -0.224. The lowest BCUT2D eigenvalue weighted by atomic mass is 9.97. The summed E-state index contributed by atoms with van der Waals surface area (Å²) < 4.78 is 12.2. The third-order valence-electron chi connectivity index (χ3n) is 6.34. The van der Waals surface area contributed by atoms with E-state index in [1.165, 1.54) is 22.2 Å². The van der Waals surface area contributed by atoms with E-state index in [0.717, 1.165) is 24.9 Å². The first-order chi connectivity index (χ1) is 15.2. The molecular weight excluding hydrogens is 390 g/mol. The van der Waals surface area contributed by atoms with Gasteiger partial charge in [-0.15, -0.1) is 0 Å². The maximum absolute atomic E-state index is 12.4. The molecule has 162 valence electrons. The summed E-state index contributed by atoms with van der Waals surface area (Å²) in [5, 5.41) is 7.98. The minimum atomic E-state index is -0.299. The van der Waals surface area contributed by atoms with Gasteiger partial charge in [-0.05, 0) is 37.1 Å². The van der Waals surface area contributed by atoms with Gasteiger partial charge in [0.1, 0.15) is 0 Å². The van der Waals surface area contributed by atoms with Crippen molar-refractivity contribution < 1.29 is 14.3 Å². The van der Waals surface area contributed by atoms with Crippen LogP contribution in [0.5, 0.6) is 0 Å². The maximum atomic E-state index is 12.4. The van der Waals surface area contributed by atoms with Gasteiger partial charge in [0.15, 0.2) is 6.29 Å². The fourth-order valence-corrected chi connectivity index (χ4v) is 4.70. The van der Waals surface area contributed by atoms with E-state index in [4.69, 9.17) is 9.47 Å². The van der Waals surface area contributed by atoms with Crippen molar-refractivity contribution in [2.75, 3.05) is 13.2 Å². The van der Waals surface area contributed by atoms with Crippen molar-refractivity contribution in [2.45, 2.75) is 50.7 Å². The Morgan fingerprint density at radius 1 is 1.13 bits per heavy atom. The van der Waals surface area contributed by atoms with Crippen LogP contribution in [-0.2, 0) is 27.1 Å². The fraction of sp³-hybridized carbons (Fsp3) is 0.400. The molecular formula is C25H29N3O3. The first-order valence-electron chi connectivity index (χ1n) is 11.1. The molecule has 1 fully saturated rings. The minimum Gasteiger partial charge on any atom is -0.357 e. The van der Waals surface area contributed by atoms with E-state index >= 15 is 0 Å². The number of carbonyl (C=O) groups is 1. The zero-order chi connectivity index (χ0) is 21.2. The summed E-state index contributed by atoms with van der Waals surface area (Å²) >= 11 is 0. The first kappa shape index (κ1) is 20.2. The quantitative estimate of drug-likeness (QED) is 0.594. The number of ether oxygens (including phenoxy) is 2. The summed E-state index contributed by atoms with van der Waals surface area (Å²) in [7, 11) is 0. The third-order valence-corrected chi connectivity index (χ3v) is 6.34. The van der Waals surface area contributed by atoms with Gasteiger partial charge in [-0.25, -0.2) is 0 Å². The van der Waals surface area contributed by atoms with Gasteiger partial charge in [0.2, 0.25) is 5.91 Å². The number of fused-ring (bicyclic) bond motifs is 3. The number of H-pyrrole nitrogens is 1. The van der Waals surface area contributed by atoms with E-state index in [9.17, 15) is 4.79 Å². The molecule has 3 N–H and O–H groups in total. The number of aromatic nitrogens is 1. The molecule has 5 rings (SSSR count). The number of carbonyl (C=O) groups excluding carboxylic acids is 1. The van der Waals surface area contributed by atoms with Crippen LogP contribution in [-0.4, -0.2) is 42.5 Å². The first-order valence-corrected chi connectivity index (χ1v) is 11.1. The number of hydrogen-bond donors (Lipinski definition) is 3. The maximum Gasteiger partial charge on any atom is 0.224 e. The molecule has 0 bridgehead atoms. The Morgan fingerprint density at radius 3 is 2.77 bits per heavy atom. The summed E-state index contributed by atoms with van der Waals surface area (Å²) in [6.45, 7) is 3.41. The van der Waals surface area contributed by atoms with Gasteiger partial charge in [0.25, 0.3) is 0 Å². The molecule has 31 heavy (non-hydrogen) atoms. The molecule has 0 radical (unpaired) electrons. The van der Waals surface area contributed by atoms with Crippen LogP contribution in [0.4, 0.5) is 0 Å². The monoisotopic (exact) mass is 419 g/mol. The Hall–Kier alpha value is -2.67. The molecule has 6 heteroatoms. The summed E-state index contributed by atoms with van der Waals surface area (Å²) in [5.74, 6) is -0.00892. The number of amides is 1. The Labute approximate surface area is 182 Å². The van der Waals surface area contributed by atoms with Crippen LogP contribution in [0.2, 0.25) is 0 Å². The average Bonchev–Trinajstić information content (AvgIpc) is 3.16. The van der Waals surface area contributed by atoms with Gasteiger partial charge in [-0.2, -0.15) is 0 Å².